The molecule has 1 rings (SSSR count). The van der Waals surface area contributed by atoms with E-state index in [4.69, 9.17) is 10.8 Å². The maximum Gasteiger partial charge on any atom is 0.305 e. The molecule has 0 fully saturated rings. The Kier molecular flexibility index (Phi) is 2.28. The summed E-state index contributed by atoms with van der Waals surface area (Å²) in [6, 6.07) is 0. The predicted molar refractivity (Wildman–Crippen MR) is 42.1 cm³/mol. The van der Waals surface area contributed by atoms with Crippen LogP contribution in [0, 0.1) is 0 Å². The van der Waals surface area contributed by atoms with Crippen molar-refractivity contribution in [2.75, 3.05) is 0 Å². The second kappa shape index (κ2) is 3.06. The molecule has 1 atom stereocenters. The summed E-state index contributed by atoms with van der Waals surface area (Å²) in [7, 11) is 0. The summed E-state index contributed by atoms with van der Waals surface area (Å²) in [5.74, 6) is -1.65. The zero-order valence-electron chi connectivity index (χ0n) is 6.46. The average Bonchev–Trinajstić information content (AvgIpc) is 1.94. The largest absolute Gasteiger partial charge is 0.481 e. The molecular weight excluding hydrogens is 161 g/mol. The van der Waals surface area contributed by atoms with Gasteiger partial charge in [0.1, 0.15) is 5.83 Å². The molecule has 0 aromatic rings. The summed E-state index contributed by atoms with van der Waals surface area (Å²) in [5, 5.41) is 8.45. The second-order valence-electron chi connectivity index (χ2n) is 2.87. The number of hydrogen-bond donors (Lipinski definition) is 2. The Morgan fingerprint density at radius 2 is 2.50 bits per heavy atom. The predicted octanol–water partition coefficient (Wildman–Crippen LogP) is 0.972. The van der Waals surface area contributed by atoms with Gasteiger partial charge in [-0.1, -0.05) is 12.2 Å². The van der Waals surface area contributed by atoms with Crippen LogP contribution in [0.5, 0.6) is 0 Å². The molecule has 0 aromatic heterocycles. The first kappa shape index (κ1) is 8.93. The molecular formula is C8H10FNO2. The van der Waals surface area contributed by atoms with Crippen LogP contribution in [-0.2, 0) is 4.79 Å². The van der Waals surface area contributed by atoms with Crippen LogP contribution < -0.4 is 5.73 Å². The van der Waals surface area contributed by atoms with Gasteiger partial charge in [-0.15, -0.1) is 0 Å². The molecule has 1 unspecified atom stereocenters. The standard InChI is InChI=1S/C8H10FNO2/c9-6-3-1-2-4-8(6,10)5-7(11)12/h1-3H,4-5,10H2,(H,11,12). The number of carboxylic acids is 1. The van der Waals surface area contributed by atoms with Crippen molar-refractivity contribution in [1.82, 2.24) is 0 Å². The fourth-order valence-corrected chi connectivity index (χ4v) is 1.12. The van der Waals surface area contributed by atoms with Crippen LogP contribution in [-0.4, -0.2) is 16.6 Å². The van der Waals surface area contributed by atoms with E-state index < -0.39 is 17.3 Å². The van der Waals surface area contributed by atoms with Crippen molar-refractivity contribution in [1.29, 1.82) is 0 Å². The van der Waals surface area contributed by atoms with Crippen LogP contribution in [0.25, 0.3) is 0 Å². The van der Waals surface area contributed by atoms with Gasteiger partial charge in [0.25, 0.3) is 0 Å². The fourth-order valence-electron chi connectivity index (χ4n) is 1.12. The summed E-state index contributed by atoms with van der Waals surface area (Å²) in [4.78, 5) is 10.3. The highest BCUT2D eigenvalue weighted by Crippen LogP contribution is 2.27. The fraction of sp³-hybridized carbons (Fsp3) is 0.375. The summed E-state index contributed by atoms with van der Waals surface area (Å²) < 4.78 is 13.0. The normalized spacial score (nSPS) is 28.3. The van der Waals surface area contributed by atoms with Crippen LogP contribution in [0.4, 0.5) is 4.39 Å². The zero-order valence-corrected chi connectivity index (χ0v) is 6.46. The average molecular weight is 171 g/mol. The number of aliphatic carboxylic acids is 1. The van der Waals surface area contributed by atoms with Gasteiger partial charge in [0, 0.05) is 0 Å². The van der Waals surface area contributed by atoms with Crippen LogP contribution in [0.15, 0.2) is 24.1 Å². The van der Waals surface area contributed by atoms with Gasteiger partial charge in [-0.25, -0.2) is 4.39 Å². The molecule has 12 heavy (non-hydrogen) atoms. The van der Waals surface area contributed by atoms with Crippen LogP contribution >= 0.6 is 0 Å². The highest BCUT2D eigenvalue weighted by Gasteiger charge is 2.33. The molecule has 0 amide bonds. The number of hydrogen-bond acceptors (Lipinski definition) is 2. The number of carbonyl (C=O) groups is 1. The Bertz CT molecular complexity index is 260. The van der Waals surface area contributed by atoms with E-state index in [0.717, 1.165) is 0 Å². The number of allylic oxidation sites excluding steroid dienone is 2. The molecule has 0 bridgehead atoms. The van der Waals surface area contributed by atoms with Crippen molar-refractivity contribution in [3.05, 3.63) is 24.1 Å². The summed E-state index contributed by atoms with van der Waals surface area (Å²) >= 11 is 0. The first-order valence-corrected chi connectivity index (χ1v) is 3.58. The van der Waals surface area contributed by atoms with E-state index in [1.54, 1.807) is 6.08 Å². The Balaban J connectivity index is 2.78. The van der Waals surface area contributed by atoms with Gasteiger partial charge >= 0.3 is 5.97 Å². The summed E-state index contributed by atoms with van der Waals surface area (Å²) in [6.45, 7) is 0. The second-order valence-corrected chi connectivity index (χ2v) is 2.87. The first-order valence-electron chi connectivity index (χ1n) is 3.58. The van der Waals surface area contributed by atoms with E-state index >= 15 is 0 Å². The van der Waals surface area contributed by atoms with Crippen molar-refractivity contribution in [2.45, 2.75) is 18.4 Å². The highest BCUT2D eigenvalue weighted by molar-refractivity contribution is 5.69. The minimum Gasteiger partial charge on any atom is -0.481 e. The quantitative estimate of drug-likeness (QED) is 0.650. The van der Waals surface area contributed by atoms with Crippen molar-refractivity contribution in [3.63, 3.8) is 0 Å². The molecule has 0 aliphatic heterocycles. The maximum absolute atomic E-state index is 13.0. The van der Waals surface area contributed by atoms with E-state index in [9.17, 15) is 9.18 Å². The number of nitrogens with two attached hydrogens (primary N) is 1. The Hall–Kier alpha value is -1.16. The van der Waals surface area contributed by atoms with Crippen molar-refractivity contribution in [3.8, 4) is 0 Å². The van der Waals surface area contributed by atoms with Crippen LogP contribution in [0.1, 0.15) is 12.8 Å². The molecule has 1 aliphatic rings. The molecule has 0 saturated carbocycles. The van der Waals surface area contributed by atoms with E-state index in [0.29, 0.717) is 0 Å². The smallest absolute Gasteiger partial charge is 0.305 e. The number of halogens is 1. The molecule has 66 valence electrons. The molecule has 3 N–H and O–H groups in total. The van der Waals surface area contributed by atoms with Gasteiger partial charge in [0.2, 0.25) is 0 Å². The Labute approximate surface area is 69.4 Å². The molecule has 0 radical (unpaired) electrons. The monoisotopic (exact) mass is 171 g/mol. The SMILES string of the molecule is NC1(CC(=O)O)CC=CC=C1F. The lowest BCUT2D eigenvalue weighted by Crippen LogP contribution is -2.43. The van der Waals surface area contributed by atoms with Gasteiger partial charge in [0.05, 0.1) is 12.0 Å². The Morgan fingerprint density at radius 1 is 1.83 bits per heavy atom. The van der Waals surface area contributed by atoms with Crippen molar-refractivity contribution >= 4 is 5.97 Å². The van der Waals surface area contributed by atoms with E-state index in [-0.39, 0.29) is 12.8 Å². The van der Waals surface area contributed by atoms with Crippen LogP contribution in [0.2, 0.25) is 0 Å². The molecule has 0 aromatic carbocycles. The Morgan fingerprint density at radius 3 is 3.00 bits per heavy atom. The maximum atomic E-state index is 13.0. The summed E-state index contributed by atoms with van der Waals surface area (Å²) in [6.07, 6.45) is 4.25. The molecule has 4 heteroatoms. The third kappa shape index (κ3) is 1.71. The van der Waals surface area contributed by atoms with Gasteiger partial charge in [-0.05, 0) is 12.5 Å². The third-order valence-corrected chi connectivity index (χ3v) is 1.80. The van der Waals surface area contributed by atoms with Crippen molar-refractivity contribution < 1.29 is 14.3 Å². The number of rotatable bonds is 2. The molecule has 0 heterocycles. The lowest BCUT2D eigenvalue weighted by Gasteiger charge is -2.26. The summed E-state index contributed by atoms with van der Waals surface area (Å²) in [5.41, 5.74) is 4.20. The lowest BCUT2D eigenvalue weighted by molar-refractivity contribution is -0.138. The molecule has 0 spiro atoms. The molecule has 3 nitrogen and oxygen atoms in total. The third-order valence-electron chi connectivity index (χ3n) is 1.80. The highest BCUT2D eigenvalue weighted by atomic mass is 19.1. The molecule has 1 aliphatic carbocycles. The van der Waals surface area contributed by atoms with E-state index in [2.05, 4.69) is 0 Å². The van der Waals surface area contributed by atoms with Crippen LogP contribution in [0.3, 0.4) is 0 Å². The molecule has 0 saturated heterocycles. The van der Waals surface area contributed by atoms with Crippen molar-refractivity contribution in [2.24, 2.45) is 5.73 Å². The topological polar surface area (TPSA) is 63.3 Å². The van der Waals surface area contributed by atoms with E-state index in [1.807, 2.05) is 0 Å². The number of carboxylic acid groups (broad SMARTS) is 1. The first-order chi connectivity index (χ1) is 5.54. The van der Waals surface area contributed by atoms with Gasteiger partial charge in [-0.3, -0.25) is 4.79 Å². The minimum atomic E-state index is -1.33. The minimum absolute atomic E-state index is 0.238. The van der Waals surface area contributed by atoms with Gasteiger partial charge < -0.3 is 10.8 Å². The lowest BCUT2D eigenvalue weighted by atomic mass is 9.88. The van der Waals surface area contributed by atoms with E-state index in [1.165, 1.54) is 12.2 Å². The van der Waals surface area contributed by atoms with Gasteiger partial charge in [0.15, 0.2) is 0 Å². The zero-order chi connectivity index (χ0) is 9.19. The van der Waals surface area contributed by atoms with Gasteiger partial charge in [-0.2, -0.15) is 0 Å².